The molecule has 1 fully saturated rings. The molecule has 0 saturated heterocycles. The molecule has 21 heavy (non-hydrogen) atoms. The van der Waals surface area contributed by atoms with Crippen molar-refractivity contribution in [1.29, 1.82) is 0 Å². The van der Waals surface area contributed by atoms with Crippen LogP contribution in [0.4, 0.5) is 0 Å². The second-order valence-corrected chi connectivity index (χ2v) is 6.61. The molecule has 0 spiro atoms. The van der Waals surface area contributed by atoms with Gasteiger partial charge in [-0.2, -0.15) is 0 Å². The van der Waals surface area contributed by atoms with Crippen LogP contribution in [0, 0.1) is 5.92 Å². The summed E-state index contributed by atoms with van der Waals surface area (Å²) in [7, 11) is 0. The molecule has 0 bridgehead atoms. The largest absolute Gasteiger partial charge is 0.466 e. The Hall–Kier alpha value is -0.870. The number of carbonyl (C=O) groups excluding carboxylic acids is 1. The molecule has 0 aliphatic heterocycles. The molecule has 1 aliphatic carbocycles. The number of rotatable bonds is 7. The minimum atomic E-state index is -0.0858. The molecule has 0 radical (unpaired) electrons. The number of carbonyl (C=O) groups is 1. The van der Waals surface area contributed by atoms with E-state index in [0.29, 0.717) is 6.61 Å². The molecule has 2 rings (SSSR count). The highest BCUT2D eigenvalue weighted by Crippen LogP contribution is 2.34. The first-order valence-corrected chi connectivity index (χ1v) is 8.58. The smallest absolute Gasteiger partial charge is 0.309 e. The van der Waals surface area contributed by atoms with E-state index in [1.165, 1.54) is 5.56 Å². The molecule has 0 aromatic heterocycles. The molecule has 0 amide bonds. The number of hydrogen-bond acceptors (Lipinski definition) is 3. The Labute approximate surface area is 135 Å². The summed E-state index contributed by atoms with van der Waals surface area (Å²) in [6.07, 6.45) is 3.73. The van der Waals surface area contributed by atoms with Crippen LogP contribution in [-0.4, -0.2) is 30.1 Å². The fourth-order valence-corrected chi connectivity index (χ4v) is 3.55. The molecule has 1 aromatic rings. The lowest BCUT2D eigenvalue weighted by Crippen LogP contribution is -2.19. The minimum absolute atomic E-state index is 0.0200. The second-order valence-electron chi connectivity index (χ2n) is 5.43. The second kappa shape index (κ2) is 8.54. The lowest BCUT2D eigenvalue weighted by Gasteiger charge is -2.15. The standard InChI is InChI=1S/C17H23BrO3/c1-2-20-17(19)14-11-15(18)16(12-14)21-10-6-9-13-7-4-3-5-8-13/h3-5,7-8,14-16H,2,6,9-12H2,1H3. The van der Waals surface area contributed by atoms with Crippen molar-refractivity contribution in [2.45, 2.75) is 43.5 Å². The highest BCUT2D eigenvalue weighted by atomic mass is 79.9. The number of halogens is 1. The first-order valence-electron chi connectivity index (χ1n) is 7.67. The molecule has 0 heterocycles. The molecule has 3 atom stereocenters. The van der Waals surface area contributed by atoms with Gasteiger partial charge in [-0.05, 0) is 38.2 Å². The summed E-state index contributed by atoms with van der Waals surface area (Å²) < 4.78 is 11.0. The predicted molar refractivity (Wildman–Crippen MR) is 86.6 cm³/mol. The van der Waals surface area contributed by atoms with Crippen molar-refractivity contribution < 1.29 is 14.3 Å². The molecule has 3 unspecified atom stereocenters. The first kappa shape index (κ1) is 16.5. The summed E-state index contributed by atoms with van der Waals surface area (Å²) in [5, 5.41) is 0. The summed E-state index contributed by atoms with van der Waals surface area (Å²) in [5.74, 6) is -0.106. The van der Waals surface area contributed by atoms with Gasteiger partial charge in [-0.1, -0.05) is 46.3 Å². The topological polar surface area (TPSA) is 35.5 Å². The fourth-order valence-electron chi connectivity index (χ4n) is 2.73. The molecule has 1 saturated carbocycles. The minimum Gasteiger partial charge on any atom is -0.466 e. The van der Waals surface area contributed by atoms with Gasteiger partial charge in [0.25, 0.3) is 0 Å². The zero-order chi connectivity index (χ0) is 15.1. The van der Waals surface area contributed by atoms with E-state index in [4.69, 9.17) is 9.47 Å². The van der Waals surface area contributed by atoms with Crippen LogP contribution >= 0.6 is 15.9 Å². The van der Waals surface area contributed by atoms with Crippen molar-refractivity contribution in [3.05, 3.63) is 35.9 Å². The Morgan fingerprint density at radius 2 is 2.05 bits per heavy atom. The highest BCUT2D eigenvalue weighted by molar-refractivity contribution is 9.09. The van der Waals surface area contributed by atoms with Gasteiger partial charge in [0.2, 0.25) is 0 Å². The number of ether oxygens (including phenoxy) is 2. The zero-order valence-corrected chi connectivity index (χ0v) is 14.1. The van der Waals surface area contributed by atoms with E-state index in [1.807, 2.05) is 13.0 Å². The van der Waals surface area contributed by atoms with Crippen molar-refractivity contribution in [3.8, 4) is 0 Å². The fraction of sp³-hybridized carbons (Fsp3) is 0.588. The average molecular weight is 355 g/mol. The highest BCUT2D eigenvalue weighted by Gasteiger charge is 2.37. The van der Waals surface area contributed by atoms with Gasteiger partial charge < -0.3 is 9.47 Å². The van der Waals surface area contributed by atoms with Gasteiger partial charge in [0.15, 0.2) is 0 Å². The van der Waals surface area contributed by atoms with E-state index in [1.54, 1.807) is 0 Å². The summed E-state index contributed by atoms with van der Waals surface area (Å²) in [5.41, 5.74) is 1.34. The Morgan fingerprint density at radius 3 is 2.76 bits per heavy atom. The van der Waals surface area contributed by atoms with Crippen molar-refractivity contribution in [1.82, 2.24) is 0 Å². The Bertz CT molecular complexity index is 435. The number of benzene rings is 1. The van der Waals surface area contributed by atoms with E-state index < -0.39 is 0 Å². The third kappa shape index (κ3) is 5.11. The average Bonchev–Trinajstić information content (AvgIpc) is 2.86. The SMILES string of the molecule is CCOC(=O)C1CC(Br)C(OCCCc2ccccc2)C1. The Kier molecular flexibility index (Phi) is 6.71. The Morgan fingerprint density at radius 1 is 1.29 bits per heavy atom. The van der Waals surface area contributed by atoms with Gasteiger partial charge in [0.1, 0.15) is 0 Å². The van der Waals surface area contributed by atoms with Crippen molar-refractivity contribution >= 4 is 21.9 Å². The van der Waals surface area contributed by atoms with Gasteiger partial charge in [-0.25, -0.2) is 0 Å². The summed E-state index contributed by atoms with van der Waals surface area (Å²) in [6, 6.07) is 10.4. The predicted octanol–water partition coefficient (Wildman–Crippen LogP) is 3.74. The molecule has 1 aliphatic rings. The van der Waals surface area contributed by atoms with Gasteiger partial charge in [-0.15, -0.1) is 0 Å². The van der Waals surface area contributed by atoms with Gasteiger partial charge in [0.05, 0.1) is 18.6 Å². The van der Waals surface area contributed by atoms with Crippen LogP contribution in [0.25, 0.3) is 0 Å². The number of alkyl halides is 1. The molecule has 4 heteroatoms. The van der Waals surface area contributed by atoms with E-state index in [-0.39, 0.29) is 22.8 Å². The first-order chi connectivity index (χ1) is 10.2. The maximum atomic E-state index is 11.8. The van der Waals surface area contributed by atoms with Gasteiger partial charge in [-0.3, -0.25) is 4.79 Å². The van der Waals surface area contributed by atoms with Crippen molar-refractivity contribution in [2.24, 2.45) is 5.92 Å². The number of aryl methyl sites for hydroxylation is 1. The van der Waals surface area contributed by atoms with Crippen LogP contribution < -0.4 is 0 Å². The summed E-state index contributed by atoms with van der Waals surface area (Å²) in [4.78, 5) is 12.0. The number of hydrogen-bond donors (Lipinski definition) is 0. The van der Waals surface area contributed by atoms with Crippen LogP contribution in [-0.2, 0) is 20.7 Å². The quantitative estimate of drug-likeness (QED) is 0.425. The molecule has 0 N–H and O–H groups in total. The van der Waals surface area contributed by atoms with Crippen LogP contribution in [0.3, 0.4) is 0 Å². The molecule has 116 valence electrons. The van der Waals surface area contributed by atoms with E-state index in [2.05, 4.69) is 40.2 Å². The monoisotopic (exact) mass is 354 g/mol. The normalized spacial score (nSPS) is 25.0. The molecular weight excluding hydrogens is 332 g/mol. The molecular formula is C17H23BrO3. The van der Waals surface area contributed by atoms with E-state index in [0.717, 1.165) is 32.3 Å². The third-order valence-corrected chi connectivity index (χ3v) is 4.80. The summed E-state index contributed by atoms with van der Waals surface area (Å²) >= 11 is 3.63. The lowest BCUT2D eigenvalue weighted by molar-refractivity contribution is -0.148. The van der Waals surface area contributed by atoms with Crippen LogP contribution in [0.5, 0.6) is 0 Å². The van der Waals surface area contributed by atoms with Crippen molar-refractivity contribution in [3.63, 3.8) is 0 Å². The van der Waals surface area contributed by atoms with Gasteiger partial charge in [0, 0.05) is 11.4 Å². The Balaban J connectivity index is 1.68. The van der Waals surface area contributed by atoms with Crippen LogP contribution in [0.1, 0.15) is 31.7 Å². The zero-order valence-electron chi connectivity index (χ0n) is 12.5. The van der Waals surface area contributed by atoms with Crippen molar-refractivity contribution in [2.75, 3.05) is 13.2 Å². The van der Waals surface area contributed by atoms with Crippen LogP contribution in [0.2, 0.25) is 0 Å². The maximum absolute atomic E-state index is 11.8. The van der Waals surface area contributed by atoms with E-state index in [9.17, 15) is 4.79 Å². The maximum Gasteiger partial charge on any atom is 0.309 e. The third-order valence-electron chi connectivity index (χ3n) is 3.83. The van der Waals surface area contributed by atoms with Gasteiger partial charge >= 0.3 is 5.97 Å². The lowest BCUT2D eigenvalue weighted by atomic mass is 10.1. The molecule has 1 aromatic carbocycles. The van der Waals surface area contributed by atoms with E-state index >= 15 is 0 Å². The summed E-state index contributed by atoms with van der Waals surface area (Å²) in [6.45, 7) is 3.03. The van der Waals surface area contributed by atoms with Crippen LogP contribution in [0.15, 0.2) is 30.3 Å². The number of esters is 1. The molecule has 3 nitrogen and oxygen atoms in total.